The Labute approximate surface area is 295 Å². The zero-order valence-corrected chi connectivity index (χ0v) is 31.2. The number of aromatic nitrogens is 4. The smallest absolute Gasteiger partial charge is 0.220 e. The van der Waals surface area contributed by atoms with Crippen LogP contribution in [0.25, 0.3) is 44.4 Å². The van der Waals surface area contributed by atoms with E-state index in [-0.39, 0.29) is 24.0 Å². The standard InChI is InChI=1S/C40H52N6O4/c1-11-41-37(47)15-13-27-21(3)29-17-31-23(5)39(25(7)49-9)36(45-31)19-32-24(6)40(26(8)50-10)35(46-32)18-30-22(4)28(14-16-38(48)42-12-2)34(44-30)20-33(27)43-29/h17-20,25-26,45-46H,11-16H2,1-10H3,(H,41,47)(H,42,48). The van der Waals surface area contributed by atoms with Crippen LogP contribution in [0.2, 0.25) is 0 Å². The second-order valence-electron chi connectivity index (χ2n) is 13.2. The molecule has 10 nitrogen and oxygen atoms in total. The number of carbonyl (C=O) groups is 2. The molecular weight excluding hydrogens is 628 g/mol. The van der Waals surface area contributed by atoms with Crippen molar-refractivity contribution in [2.45, 2.75) is 93.3 Å². The van der Waals surface area contributed by atoms with Gasteiger partial charge in [0.15, 0.2) is 0 Å². The highest BCUT2D eigenvalue weighted by Gasteiger charge is 2.24. The van der Waals surface area contributed by atoms with Gasteiger partial charge >= 0.3 is 0 Å². The molecule has 8 bridgehead atoms. The van der Waals surface area contributed by atoms with Crippen LogP contribution < -0.4 is 10.6 Å². The first-order valence-corrected chi connectivity index (χ1v) is 17.7. The van der Waals surface area contributed by atoms with Gasteiger partial charge < -0.3 is 30.1 Å². The zero-order valence-electron chi connectivity index (χ0n) is 31.2. The molecule has 0 spiro atoms. The Morgan fingerprint density at radius 2 is 1.04 bits per heavy atom. The van der Waals surface area contributed by atoms with Crippen LogP contribution in [-0.2, 0) is 19.1 Å². The van der Waals surface area contributed by atoms with E-state index in [1.165, 1.54) is 0 Å². The van der Waals surface area contributed by atoms with Gasteiger partial charge in [-0.15, -0.1) is 0 Å². The van der Waals surface area contributed by atoms with E-state index >= 15 is 0 Å². The summed E-state index contributed by atoms with van der Waals surface area (Å²) in [6.07, 6.45) is 1.44. The lowest BCUT2D eigenvalue weighted by Crippen LogP contribution is -2.22. The van der Waals surface area contributed by atoms with Crippen LogP contribution in [0.5, 0.6) is 0 Å². The third kappa shape index (κ3) is 7.32. The molecule has 50 heavy (non-hydrogen) atoms. The van der Waals surface area contributed by atoms with E-state index in [1.807, 2.05) is 19.9 Å². The maximum atomic E-state index is 12.6. The average Bonchev–Trinajstić information content (AvgIpc) is 3.75. The molecule has 5 heterocycles. The molecule has 0 aliphatic carbocycles. The molecule has 5 rings (SSSR count). The fourth-order valence-corrected chi connectivity index (χ4v) is 7.11. The normalized spacial score (nSPS) is 14.3. The first-order chi connectivity index (χ1) is 23.9. The number of aromatic amines is 2. The fraction of sp³-hybridized carbons (Fsp3) is 0.450. The van der Waals surface area contributed by atoms with Crippen LogP contribution in [0.1, 0.15) is 124 Å². The van der Waals surface area contributed by atoms with Crippen molar-refractivity contribution in [1.29, 1.82) is 0 Å². The number of H-pyrrole nitrogens is 2. The molecule has 10 heteroatoms. The maximum Gasteiger partial charge on any atom is 0.220 e. The number of ether oxygens (including phenoxy) is 2. The number of amides is 2. The molecule has 0 radical (unpaired) electrons. The predicted octanol–water partition coefficient (Wildman–Crippen LogP) is 8.04. The number of nitrogens with one attached hydrogen (secondary N) is 4. The summed E-state index contributed by atoms with van der Waals surface area (Å²) in [7, 11) is 3.45. The van der Waals surface area contributed by atoms with Crippen molar-refractivity contribution in [2.24, 2.45) is 0 Å². The summed E-state index contributed by atoms with van der Waals surface area (Å²) in [4.78, 5) is 43.0. The van der Waals surface area contributed by atoms with Gasteiger partial charge in [0, 0.05) is 73.3 Å². The SMILES string of the molecule is CCNC(=O)CCC1=C(C)c2cc3[nH]c(cc4[nH]c(cc5nc(cc1n2)C(CCC(=O)NCC)=C5C)c(C(C)OC)c4C)c(C(C)OC)c3C. The number of fused-ring (bicyclic) bond motifs is 8. The van der Waals surface area contributed by atoms with Crippen molar-refractivity contribution in [1.82, 2.24) is 30.6 Å². The highest BCUT2D eigenvalue weighted by molar-refractivity contribution is 5.97. The summed E-state index contributed by atoms with van der Waals surface area (Å²) in [5.41, 5.74) is 15.3. The summed E-state index contributed by atoms with van der Waals surface area (Å²) in [5.74, 6) is 0.00803. The minimum atomic E-state index is -0.172. The summed E-state index contributed by atoms with van der Waals surface area (Å²) in [5, 5.41) is 5.85. The molecule has 266 valence electrons. The van der Waals surface area contributed by atoms with Crippen molar-refractivity contribution in [3.8, 4) is 0 Å². The van der Waals surface area contributed by atoms with E-state index in [0.29, 0.717) is 38.8 Å². The van der Waals surface area contributed by atoms with E-state index in [1.54, 1.807) is 14.2 Å². The topological polar surface area (TPSA) is 134 Å². The number of methoxy groups -OCH3 is 2. The van der Waals surface area contributed by atoms with Gasteiger partial charge in [-0.25, -0.2) is 9.97 Å². The maximum absolute atomic E-state index is 12.6. The largest absolute Gasteiger partial charge is 0.377 e. The Bertz CT molecular complexity index is 2030. The van der Waals surface area contributed by atoms with Gasteiger partial charge in [0.25, 0.3) is 0 Å². The lowest BCUT2D eigenvalue weighted by Gasteiger charge is -2.10. The summed E-state index contributed by atoms with van der Waals surface area (Å²) in [6, 6.07) is 8.36. The molecule has 2 aliphatic rings. The number of hydrogen-bond acceptors (Lipinski definition) is 6. The summed E-state index contributed by atoms with van der Waals surface area (Å²) < 4.78 is 11.7. The Hall–Kier alpha value is -4.54. The first kappa shape index (κ1) is 36.7. The lowest BCUT2D eigenvalue weighted by molar-refractivity contribution is -0.121. The quantitative estimate of drug-likeness (QED) is 0.153. The second kappa shape index (κ2) is 15.6. The fourth-order valence-electron chi connectivity index (χ4n) is 7.11. The van der Waals surface area contributed by atoms with Crippen LogP contribution in [-0.4, -0.2) is 59.1 Å². The van der Waals surface area contributed by atoms with Crippen LogP contribution in [0.4, 0.5) is 0 Å². The minimum Gasteiger partial charge on any atom is -0.377 e. The van der Waals surface area contributed by atoms with Gasteiger partial charge in [0.2, 0.25) is 11.8 Å². The monoisotopic (exact) mass is 680 g/mol. The van der Waals surface area contributed by atoms with Gasteiger partial charge in [-0.2, -0.15) is 0 Å². The van der Waals surface area contributed by atoms with Crippen molar-refractivity contribution in [3.63, 3.8) is 0 Å². The van der Waals surface area contributed by atoms with Gasteiger partial charge in [-0.05, 0) is 126 Å². The van der Waals surface area contributed by atoms with E-state index in [0.717, 1.165) is 89.4 Å². The van der Waals surface area contributed by atoms with E-state index in [9.17, 15) is 9.59 Å². The second-order valence-corrected chi connectivity index (χ2v) is 13.2. The molecule has 4 N–H and O–H groups in total. The summed E-state index contributed by atoms with van der Waals surface area (Å²) in [6.45, 7) is 17.5. The lowest BCUT2D eigenvalue weighted by atomic mass is 9.98. The van der Waals surface area contributed by atoms with Gasteiger partial charge in [-0.3, -0.25) is 9.59 Å². The molecule has 0 fully saturated rings. The van der Waals surface area contributed by atoms with Crippen molar-refractivity contribution in [3.05, 3.63) is 69.3 Å². The molecule has 2 unspecified atom stereocenters. The Morgan fingerprint density at radius 3 is 1.46 bits per heavy atom. The number of aryl methyl sites for hydroxylation is 2. The van der Waals surface area contributed by atoms with Gasteiger partial charge in [0.05, 0.1) is 35.0 Å². The zero-order chi connectivity index (χ0) is 36.3. The van der Waals surface area contributed by atoms with Crippen molar-refractivity contribution in [2.75, 3.05) is 27.3 Å². The van der Waals surface area contributed by atoms with E-state index in [4.69, 9.17) is 19.4 Å². The highest BCUT2D eigenvalue weighted by Crippen LogP contribution is 2.39. The highest BCUT2D eigenvalue weighted by atomic mass is 16.5. The summed E-state index contributed by atoms with van der Waals surface area (Å²) >= 11 is 0. The number of rotatable bonds is 12. The molecule has 0 saturated carbocycles. The molecule has 2 atom stereocenters. The Morgan fingerprint density at radius 1 is 0.640 bits per heavy atom. The molecule has 2 amide bonds. The first-order valence-electron chi connectivity index (χ1n) is 17.7. The number of allylic oxidation sites excluding steroid dienone is 4. The molecule has 3 aromatic heterocycles. The minimum absolute atomic E-state index is 0.00352. The average molecular weight is 681 g/mol. The molecule has 0 saturated heterocycles. The van der Waals surface area contributed by atoms with E-state index in [2.05, 4.69) is 80.3 Å². The van der Waals surface area contributed by atoms with Crippen LogP contribution in [0.3, 0.4) is 0 Å². The van der Waals surface area contributed by atoms with Crippen LogP contribution in [0.15, 0.2) is 24.3 Å². The van der Waals surface area contributed by atoms with E-state index < -0.39 is 0 Å². The van der Waals surface area contributed by atoms with Gasteiger partial charge in [0.1, 0.15) is 0 Å². The van der Waals surface area contributed by atoms with Crippen LogP contribution in [0, 0.1) is 13.8 Å². The number of nitrogens with zero attached hydrogens (tertiary/aromatic N) is 2. The third-order valence-corrected chi connectivity index (χ3v) is 10.1. The van der Waals surface area contributed by atoms with Crippen molar-refractivity contribution < 1.29 is 19.1 Å². The Kier molecular flexibility index (Phi) is 11.4. The molecule has 0 aromatic carbocycles. The molecular formula is C40H52N6O4. The number of hydrogen-bond donors (Lipinski definition) is 4. The third-order valence-electron chi connectivity index (χ3n) is 10.1. The molecule has 2 aliphatic heterocycles. The van der Waals surface area contributed by atoms with Crippen molar-refractivity contribution >= 4 is 56.2 Å². The molecule has 3 aromatic rings. The Balaban J connectivity index is 1.89. The number of carbonyl (C=O) groups excluding carboxylic acids is 2. The predicted molar refractivity (Wildman–Crippen MR) is 202 cm³/mol. The van der Waals surface area contributed by atoms with Gasteiger partial charge in [-0.1, -0.05) is 0 Å². The van der Waals surface area contributed by atoms with Crippen LogP contribution >= 0.6 is 0 Å².